The second-order valence-corrected chi connectivity index (χ2v) is 4.78. The van der Waals surface area contributed by atoms with Gasteiger partial charge in [0.15, 0.2) is 5.65 Å². The summed E-state index contributed by atoms with van der Waals surface area (Å²) in [6.45, 7) is 3.54. The van der Waals surface area contributed by atoms with Crippen molar-refractivity contribution in [3.63, 3.8) is 0 Å². The van der Waals surface area contributed by atoms with Crippen molar-refractivity contribution >= 4 is 11.2 Å². The normalized spacial score (nSPS) is 27.3. The molecule has 3 atom stereocenters. The molecule has 1 aliphatic heterocycles. The molecule has 7 nitrogen and oxygen atoms in total. The average Bonchev–Trinajstić information content (AvgIpc) is 2.90. The van der Waals surface area contributed by atoms with Crippen LogP contribution in [-0.4, -0.2) is 48.5 Å². The Morgan fingerprint density at radius 2 is 2.21 bits per heavy atom. The molecule has 19 heavy (non-hydrogen) atoms. The topological polar surface area (TPSA) is 93.3 Å². The molecule has 0 spiro atoms. The van der Waals surface area contributed by atoms with Crippen molar-refractivity contribution in [1.29, 1.82) is 0 Å². The van der Waals surface area contributed by atoms with E-state index in [2.05, 4.69) is 15.0 Å². The fourth-order valence-corrected chi connectivity index (χ4v) is 2.51. The van der Waals surface area contributed by atoms with Crippen LogP contribution in [0.15, 0.2) is 6.33 Å². The minimum atomic E-state index is -0.671. The average molecular weight is 264 g/mol. The van der Waals surface area contributed by atoms with E-state index in [4.69, 9.17) is 9.84 Å². The number of hydrogen-bond donors (Lipinski definition) is 2. The van der Waals surface area contributed by atoms with Gasteiger partial charge in [-0.1, -0.05) is 0 Å². The van der Waals surface area contributed by atoms with E-state index in [0.29, 0.717) is 12.1 Å². The highest BCUT2D eigenvalue weighted by Gasteiger charge is 2.36. The highest BCUT2D eigenvalue weighted by molar-refractivity contribution is 5.73. The van der Waals surface area contributed by atoms with Crippen LogP contribution in [0.5, 0.6) is 0 Å². The van der Waals surface area contributed by atoms with Gasteiger partial charge in [-0.25, -0.2) is 15.0 Å². The number of aliphatic hydroxyl groups excluding tert-OH is 2. The van der Waals surface area contributed by atoms with E-state index >= 15 is 0 Å². The van der Waals surface area contributed by atoms with Gasteiger partial charge in [0.25, 0.3) is 0 Å². The van der Waals surface area contributed by atoms with E-state index in [1.807, 2.05) is 18.4 Å². The third-order valence-electron chi connectivity index (χ3n) is 3.51. The summed E-state index contributed by atoms with van der Waals surface area (Å²) in [4.78, 5) is 12.8. The first kappa shape index (κ1) is 12.5. The van der Waals surface area contributed by atoms with Crippen molar-refractivity contribution < 1.29 is 14.9 Å². The number of hydrogen-bond acceptors (Lipinski definition) is 6. The van der Waals surface area contributed by atoms with E-state index in [-0.39, 0.29) is 12.8 Å². The lowest BCUT2D eigenvalue weighted by Crippen LogP contribution is -2.24. The summed E-state index contributed by atoms with van der Waals surface area (Å²) in [6.07, 6.45) is 0.330. The summed E-state index contributed by atoms with van der Waals surface area (Å²) in [6, 6.07) is 0. The van der Waals surface area contributed by atoms with E-state index in [1.165, 1.54) is 6.33 Å². The number of fused-ring (bicyclic) bond motifs is 1. The molecule has 0 bridgehead atoms. The zero-order chi connectivity index (χ0) is 13.6. The van der Waals surface area contributed by atoms with Crippen LogP contribution in [0.4, 0.5) is 0 Å². The second-order valence-electron chi connectivity index (χ2n) is 4.78. The van der Waals surface area contributed by atoms with Crippen LogP contribution in [-0.2, 0) is 4.74 Å². The first-order chi connectivity index (χ1) is 9.11. The van der Waals surface area contributed by atoms with E-state index in [1.54, 1.807) is 0 Å². The molecule has 0 saturated carbocycles. The van der Waals surface area contributed by atoms with E-state index in [0.717, 1.165) is 17.0 Å². The van der Waals surface area contributed by atoms with Crippen molar-refractivity contribution in [3.05, 3.63) is 17.8 Å². The number of ether oxygens (including phenoxy) is 1. The van der Waals surface area contributed by atoms with Gasteiger partial charge in [-0.2, -0.15) is 0 Å². The Balaban J connectivity index is 2.06. The van der Waals surface area contributed by atoms with Gasteiger partial charge >= 0.3 is 0 Å². The van der Waals surface area contributed by atoms with Gasteiger partial charge in [-0.05, 0) is 13.8 Å². The van der Waals surface area contributed by atoms with Crippen molar-refractivity contribution in [2.75, 3.05) is 6.61 Å². The predicted octanol–water partition coefficient (Wildman–Crippen LogP) is 0.0838. The molecule has 0 unspecified atom stereocenters. The van der Waals surface area contributed by atoms with Gasteiger partial charge in [-0.15, -0.1) is 0 Å². The highest BCUT2D eigenvalue weighted by atomic mass is 16.5. The zero-order valence-corrected chi connectivity index (χ0v) is 10.8. The van der Waals surface area contributed by atoms with Gasteiger partial charge in [0.2, 0.25) is 0 Å². The van der Waals surface area contributed by atoms with Crippen LogP contribution >= 0.6 is 0 Å². The molecule has 3 heterocycles. The Morgan fingerprint density at radius 1 is 1.42 bits per heavy atom. The molecule has 1 saturated heterocycles. The Morgan fingerprint density at radius 3 is 2.89 bits per heavy atom. The number of aliphatic hydroxyl groups is 2. The maximum absolute atomic E-state index is 9.82. The lowest BCUT2D eigenvalue weighted by molar-refractivity contribution is -0.0438. The van der Waals surface area contributed by atoms with Crippen LogP contribution in [0.2, 0.25) is 0 Å². The standard InChI is InChI=1S/C12H16N4O3/c1-6-11-12(14-5-13-6)16(7(2)15-11)10-3-8(18)9(4-17)19-10/h5,8-10,17-18H,3-4H2,1-2H3/t8-,9-,10-/m0/s1. The Hall–Kier alpha value is -1.57. The minimum absolute atomic E-state index is 0.197. The molecule has 0 aromatic carbocycles. The molecule has 1 aliphatic rings. The van der Waals surface area contributed by atoms with Crippen LogP contribution in [0.3, 0.4) is 0 Å². The molecule has 7 heteroatoms. The summed E-state index contributed by atoms with van der Waals surface area (Å²) < 4.78 is 7.51. The van der Waals surface area contributed by atoms with Crippen molar-refractivity contribution in [2.45, 2.75) is 38.7 Å². The Kier molecular flexibility index (Phi) is 2.96. The maximum Gasteiger partial charge on any atom is 0.165 e. The van der Waals surface area contributed by atoms with Crippen molar-refractivity contribution in [3.8, 4) is 0 Å². The summed E-state index contributed by atoms with van der Waals surface area (Å²) in [7, 11) is 0. The third kappa shape index (κ3) is 1.90. The maximum atomic E-state index is 9.82. The van der Waals surface area contributed by atoms with Crippen LogP contribution in [0.1, 0.15) is 24.2 Å². The first-order valence-corrected chi connectivity index (χ1v) is 6.22. The van der Waals surface area contributed by atoms with Gasteiger partial charge in [0.05, 0.1) is 18.4 Å². The monoisotopic (exact) mass is 264 g/mol. The molecule has 0 aliphatic carbocycles. The molecular formula is C12H16N4O3. The number of aryl methyl sites for hydroxylation is 2. The van der Waals surface area contributed by atoms with Gasteiger partial charge < -0.3 is 14.9 Å². The van der Waals surface area contributed by atoms with Crippen molar-refractivity contribution in [2.24, 2.45) is 0 Å². The van der Waals surface area contributed by atoms with Gasteiger partial charge in [-0.3, -0.25) is 4.57 Å². The predicted molar refractivity (Wildman–Crippen MR) is 66.4 cm³/mol. The lowest BCUT2D eigenvalue weighted by atomic mass is 10.2. The van der Waals surface area contributed by atoms with Crippen molar-refractivity contribution in [1.82, 2.24) is 19.5 Å². The van der Waals surface area contributed by atoms with Gasteiger partial charge in [0.1, 0.15) is 30.0 Å². The van der Waals surface area contributed by atoms with E-state index in [9.17, 15) is 5.11 Å². The summed E-state index contributed by atoms with van der Waals surface area (Å²) in [5.41, 5.74) is 2.25. The Labute approximate surface area is 109 Å². The van der Waals surface area contributed by atoms with E-state index < -0.39 is 12.2 Å². The summed E-state index contributed by atoms with van der Waals surface area (Å²) >= 11 is 0. The molecule has 2 N–H and O–H groups in total. The molecule has 0 radical (unpaired) electrons. The fourth-order valence-electron chi connectivity index (χ4n) is 2.51. The molecule has 3 rings (SSSR count). The highest BCUT2D eigenvalue weighted by Crippen LogP contribution is 2.32. The quantitative estimate of drug-likeness (QED) is 0.798. The van der Waals surface area contributed by atoms with Crippen LogP contribution < -0.4 is 0 Å². The largest absolute Gasteiger partial charge is 0.394 e. The van der Waals surface area contributed by atoms with Crippen LogP contribution in [0.25, 0.3) is 11.2 Å². The summed E-state index contributed by atoms with van der Waals surface area (Å²) in [5.74, 6) is 0.759. The third-order valence-corrected chi connectivity index (χ3v) is 3.51. The molecule has 2 aromatic rings. The lowest BCUT2D eigenvalue weighted by Gasteiger charge is -2.15. The Bertz CT molecular complexity index is 612. The number of aromatic nitrogens is 4. The SMILES string of the molecule is Cc1ncnc2c1nc(C)n2[C@@H]1C[C@H](O)[C@H](CO)O1. The number of imidazole rings is 1. The fraction of sp³-hybridized carbons (Fsp3) is 0.583. The number of rotatable bonds is 2. The molecule has 102 valence electrons. The summed E-state index contributed by atoms with van der Waals surface area (Å²) in [5, 5.41) is 19.0. The zero-order valence-electron chi connectivity index (χ0n) is 10.8. The molecule has 0 amide bonds. The molecule has 1 fully saturated rings. The minimum Gasteiger partial charge on any atom is -0.394 e. The molecule has 2 aromatic heterocycles. The smallest absolute Gasteiger partial charge is 0.165 e. The number of nitrogens with zero attached hydrogens (tertiary/aromatic N) is 4. The first-order valence-electron chi connectivity index (χ1n) is 6.22. The van der Waals surface area contributed by atoms with Crippen LogP contribution in [0, 0.1) is 13.8 Å². The van der Waals surface area contributed by atoms with Gasteiger partial charge in [0, 0.05) is 6.42 Å². The second kappa shape index (κ2) is 4.52. The molecular weight excluding hydrogens is 248 g/mol.